The topological polar surface area (TPSA) is 46.6 Å². The molecule has 106 valence electrons. The number of esters is 1. The van der Waals surface area contributed by atoms with E-state index in [0.29, 0.717) is 11.6 Å². The molecule has 3 rings (SSSR count). The van der Waals surface area contributed by atoms with E-state index < -0.39 is 0 Å². The molecule has 0 radical (unpaired) electrons. The maximum Gasteiger partial charge on any atom is 0.355 e. The van der Waals surface area contributed by atoms with Crippen LogP contribution in [0.1, 0.15) is 32.6 Å². The van der Waals surface area contributed by atoms with Gasteiger partial charge in [0.2, 0.25) is 0 Å². The fraction of sp³-hybridized carbons (Fsp3) is 0.500. The summed E-state index contributed by atoms with van der Waals surface area (Å²) in [5, 5.41) is 0. The molecule has 0 aromatic heterocycles. The van der Waals surface area contributed by atoms with Crippen LogP contribution >= 0.6 is 0 Å². The highest BCUT2D eigenvalue weighted by molar-refractivity contribution is 6.09. The Bertz CT molecular complexity index is 544. The van der Waals surface area contributed by atoms with E-state index in [4.69, 9.17) is 4.74 Å². The monoisotopic (exact) mass is 273 g/mol. The van der Waals surface area contributed by atoms with Crippen molar-refractivity contribution in [3.05, 3.63) is 35.6 Å². The van der Waals surface area contributed by atoms with Crippen LogP contribution in [0.3, 0.4) is 0 Å². The summed E-state index contributed by atoms with van der Waals surface area (Å²) in [6, 6.07) is 0.0779. The number of ether oxygens (including phenoxy) is 1. The third-order valence-corrected chi connectivity index (χ3v) is 4.48. The number of fused-ring (bicyclic) bond motifs is 3. The second-order valence-corrected chi connectivity index (χ2v) is 5.48. The van der Waals surface area contributed by atoms with Crippen LogP contribution in [0.2, 0.25) is 0 Å². The Morgan fingerprint density at radius 3 is 3.00 bits per heavy atom. The van der Waals surface area contributed by atoms with Crippen LogP contribution in [0.5, 0.6) is 0 Å². The average molecular weight is 273 g/mol. The third kappa shape index (κ3) is 1.67. The number of hydrogen-bond donors (Lipinski definition) is 0. The highest BCUT2D eigenvalue weighted by atomic mass is 16.5. The summed E-state index contributed by atoms with van der Waals surface area (Å²) in [5.41, 5.74) is 2.48. The summed E-state index contributed by atoms with van der Waals surface area (Å²) in [5.74, 6) is -0.0957. The summed E-state index contributed by atoms with van der Waals surface area (Å²) in [6.07, 6.45) is 7.64. The summed E-state index contributed by atoms with van der Waals surface area (Å²) >= 11 is 0. The number of hydrogen-bond acceptors (Lipinski definition) is 3. The van der Waals surface area contributed by atoms with Crippen molar-refractivity contribution in [2.24, 2.45) is 5.92 Å². The lowest BCUT2D eigenvalue weighted by atomic mass is 9.77. The Balaban J connectivity index is 1.95. The van der Waals surface area contributed by atoms with Crippen molar-refractivity contribution >= 4 is 11.9 Å². The zero-order valence-electron chi connectivity index (χ0n) is 11.7. The number of amides is 1. The summed E-state index contributed by atoms with van der Waals surface area (Å²) in [7, 11) is 0. The molecule has 1 amide bonds. The van der Waals surface area contributed by atoms with Gasteiger partial charge in [-0.3, -0.25) is 9.69 Å². The van der Waals surface area contributed by atoms with Crippen molar-refractivity contribution in [1.82, 2.24) is 4.90 Å². The Kier molecular flexibility index (Phi) is 3.24. The first-order valence-electron chi connectivity index (χ1n) is 7.21. The third-order valence-electron chi connectivity index (χ3n) is 4.48. The molecule has 3 aliphatic rings. The van der Waals surface area contributed by atoms with Crippen LogP contribution in [-0.2, 0) is 14.3 Å². The smallest absolute Gasteiger partial charge is 0.355 e. The van der Waals surface area contributed by atoms with Crippen molar-refractivity contribution in [3.63, 3.8) is 0 Å². The molecule has 2 atom stereocenters. The highest BCUT2D eigenvalue weighted by Crippen LogP contribution is 2.51. The molecular formula is C16H19NO3. The van der Waals surface area contributed by atoms with Crippen LogP contribution in [0.25, 0.3) is 0 Å². The first kappa shape index (κ1) is 13.2. The van der Waals surface area contributed by atoms with Crippen molar-refractivity contribution in [3.8, 4) is 0 Å². The van der Waals surface area contributed by atoms with Crippen molar-refractivity contribution in [2.75, 3.05) is 6.61 Å². The van der Waals surface area contributed by atoms with E-state index in [1.807, 2.05) is 13.0 Å². The lowest BCUT2D eigenvalue weighted by molar-refractivity contribution is -0.145. The van der Waals surface area contributed by atoms with E-state index >= 15 is 0 Å². The van der Waals surface area contributed by atoms with Crippen LogP contribution in [0.15, 0.2) is 35.6 Å². The number of carbonyl (C=O) groups is 2. The average Bonchev–Trinajstić information content (AvgIpc) is 2.77. The summed E-state index contributed by atoms with van der Waals surface area (Å²) < 4.78 is 5.17. The maximum atomic E-state index is 12.2. The van der Waals surface area contributed by atoms with Crippen molar-refractivity contribution < 1.29 is 14.3 Å². The van der Waals surface area contributed by atoms with Gasteiger partial charge in [-0.05, 0) is 31.8 Å². The van der Waals surface area contributed by atoms with Gasteiger partial charge in [-0.2, -0.15) is 0 Å². The second kappa shape index (κ2) is 4.93. The zero-order valence-corrected chi connectivity index (χ0v) is 11.7. The van der Waals surface area contributed by atoms with Crippen LogP contribution in [0, 0.1) is 5.92 Å². The molecule has 1 saturated carbocycles. The molecule has 2 aliphatic heterocycles. The minimum absolute atomic E-state index is 0.0371. The van der Waals surface area contributed by atoms with Gasteiger partial charge in [-0.1, -0.05) is 25.2 Å². The molecule has 20 heavy (non-hydrogen) atoms. The van der Waals surface area contributed by atoms with Crippen molar-refractivity contribution in [1.29, 1.82) is 0 Å². The van der Waals surface area contributed by atoms with E-state index in [-0.39, 0.29) is 24.5 Å². The number of β-lactam (4-membered cyclic amide) rings is 1. The molecule has 1 aliphatic carbocycles. The summed E-state index contributed by atoms with van der Waals surface area (Å²) in [4.78, 5) is 26.1. The molecule has 2 fully saturated rings. The molecule has 0 unspecified atom stereocenters. The van der Waals surface area contributed by atoms with Gasteiger partial charge in [0.1, 0.15) is 12.3 Å². The lowest BCUT2D eigenvalue weighted by Gasteiger charge is -2.41. The standard InChI is InChI=1S/C16H19NO3/c1-3-9-20-16(19)14-12-8-6-5-7-11(12)13-10(4-2)15(18)17(13)14/h3-4,11,13H,1,5-9H2,2H3/t11-,13-/m0/s1. The van der Waals surface area contributed by atoms with E-state index in [1.165, 1.54) is 6.42 Å². The number of carbonyl (C=O) groups excluding carboxylic acids is 2. The molecule has 0 aromatic carbocycles. The van der Waals surface area contributed by atoms with Gasteiger partial charge < -0.3 is 4.74 Å². The predicted molar refractivity (Wildman–Crippen MR) is 74.5 cm³/mol. The van der Waals surface area contributed by atoms with Crippen LogP contribution < -0.4 is 0 Å². The van der Waals surface area contributed by atoms with Gasteiger partial charge >= 0.3 is 5.97 Å². The quantitative estimate of drug-likeness (QED) is 0.343. The maximum absolute atomic E-state index is 12.2. The number of nitrogens with zero attached hydrogens (tertiary/aromatic N) is 1. The minimum atomic E-state index is -0.377. The van der Waals surface area contributed by atoms with Crippen molar-refractivity contribution in [2.45, 2.75) is 38.6 Å². The van der Waals surface area contributed by atoms with E-state index in [0.717, 1.165) is 30.4 Å². The van der Waals surface area contributed by atoms with Gasteiger partial charge in [0, 0.05) is 11.5 Å². The molecule has 0 spiro atoms. The molecular weight excluding hydrogens is 254 g/mol. The van der Waals surface area contributed by atoms with Gasteiger partial charge in [0.15, 0.2) is 0 Å². The van der Waals surface area contributed by atoms with Gasteiger partial charge in [-0.25, -0.2) is 4.79 Å². The molecule has 4 heteroatoms. The molecule has 0 aromatic rings. The molecule has 4 nitrogen and oxygen atoms in total. The number of allylic oxidation sites excluding steroid dienone is 1. The lowest BCUT2D eigenvalue weighted by Crippen LogP contribution is -2.55. The molecule has 0 N–H and O–H groups in total. The largest absolute Gasteiger partial charge is 0.457 e. The second-order valence-electron chi connectivity index (χ2n) is 5.48. The summed E-state index contributed by atoms with van der Waals surface area (Å²) in [6.45, 7) is 5.62. The van der Waals surface area contributed by atoms with E-state index in [9.17, 15) is 9.59 Å². The van der Waals surface area contributed by atoms with E-state index in [2.05, 4.69) is 6.58 Å². The van der Waals surface area contributed by atoms with Crippen LogP contribution in [-0.4, -0.2) is 29.4 Å². The predicted octanol–water partition coefficient (Wildman–Crippen LogP) is 2.33. The van der Waals surface area contributed by atoms with Crippen LogP contribution in [0.4, 0.5) is 0 Å². The minimum Gasteiger partial charge on any atom is -0.457 e. The normalized spacial score (nSPS) is 29.9. The van der Waals surface area contributed by atoms with E-state index in [1.54, 1.807) is 11.0 Å². The molecule has 2 heterocycles. The fourth-order valence-electron chi connectivity index (χ4n) is 3.67. The first-order valence-corrected chi connectivity index (χ1v) is 7.21. The Labute approximate surface area is 118 Å². The highest BCUT2D eigenvalue weighted by Gasteiger charge is 2.56. The Hall–Kier alpha value is -1.84. The Morgan fingerprint density at radius 1 is 1.50 bits per heavy atom. The SMILES string of the molecule is C=CCOC(=O)C1=C2CCCC[C@@H]2[C@@H]2C(=CC)C(=O)N12. The van der Waals surface area contributed by atoms with Gasteiger partial charge in [0.05, 0.1) is 6.04 Å². The first-order chi connectivity index (χ1) is 9.70. The zero-order chi connectivity index (χ0) is 14.3. The fourth-order valence-corrected chi connectivity index (χ4v) is 3.67. The Morgan fingerprint density at radius 2 is 2.30 bits per heavy atom. The van der Waals surface area contributed by atoms with Gasteiger partial charge in [0.25, 0.3) is 5.91 Å². The molecule has 0 bridgehead atoms. The number of rotatable bonds is 3. The molecule has 1 saturated heterocycles. The van der Waals surface area contributed by atoms with Gasteiger partial charge in [-0.15, -0.1) is 0 Å².